The fourth-order valence-electron chi connectivity index (χ4n) is 3.11. The van der Waals surface area contributed by atoms with Gasteiger partial charge in [0.25, 0.3) is 0 Å². The second-order valence-corrected chi connectivity index (χ2v) is 6.97. The van der Waals surface area contributed by atoms with Crippen LogP contribution in [0.2, 0.25) is 0 Å². The summed E-state index contributed by atoms with van der Waals surface area (Å²) < 4.78 is 6.68. The number of halogens is 1. The number of carboxylic acid groups (broad SMARTS) is 1. The van der Waals surface area contributed by atoms with E-state index in [1.165, 1.54) is 5.56 Å². The van der Waals surface area contributed by atoms with E-state index in [0.717, 1.165) is 43.5 Å². The Morgan fingerprint density at radius 2 is 2.00 bits per heavy atom. The number of nitrogens with one attached hydrogen (secondary N) is 1. The molecule has 0 atom stereocenters. The standard InChI is InChI=1S/C20H20BrNO3/c1-4-25-17-8-6-13(21)9-16(17)20-15(10-18(23)24)14-7-5-11(2)12(3)19(14)22-20/h5-9,22H,4,10H2,1-3H3,(H,23,24). The number of fused-ring (bicyclic) bond motifs is 1. The Labute approximate surface area is 155 Å². The Balaban J connectivity index is 2.34. The van der Waals surface area contributed by atoms with E-state index in [0.29, 0.717) is 6.61 Å². The summed E-state index contributed by atoms with van der Waals surface area (Å²) in [6.07, 6.45) is -0.0457. The van der Waals surface area contributed by atoms with Gasteiger partial charge in [-0.05, 0) is 55.7 Å². The van der Waals surface area contributed by atoms with Crippen molar-refractivity contribution in [2.45, 2.75) is 27.2 Å². The molecule has 0 aliphatic heterocycles. The third-order valence-electron chi connectivity index (χ3n) is 4.45. The van der Waals surface area contributed by atoms with Crippen LogP contribution in [-0.4, -0.2) is 22.7 Å². The third-order valence-corrected chi connectivity index (χ3v) is 4.94. The molecule has 0 unspecified atom stereocenters. The van der Waals surface area contributed by atoms with E-state index in [4.69, 9.17) is 4.74 Å². The Hall–Kier alpha value is -2.27. The summed E-state index contributed by atoms with van der Waals surface area (Å²) in [4.78, 5) is 14.9. The maximum atomic E-state index is 11.5. The van der Waals surface area contributed by atoms with Gasteiger partial charge < -0.3 is 14.8 Å². The van der Waals surface area contributed by atoms with Crippen molar-refractivity contribution in [1.82, 2.24) is 4.98 Å². The van der Waals surface area contributed by atoms with Crippen molar-refractivity contribution in [2.75, 3.05) is 6.61 Å². The highest BCUT2D eigenvalue weighted by molar-refractivity contribution is 9.10. The van der Waals surface area contributed by atoms with Crippen LogP contribution >= 0.6 is 15.9 Å². The fraction of sp³-hybridized carbons (Fsp3) is 0.250. The molecule has 130 valence electrons. The van der Waals surface area contributed by atoms with E-state index in [2.05, 4.69) is 27.8 Å². The minimum atomic E-state index is -0.853. The maximum absolute atomic E-state index is 11.5. The molecule has 0 aliphatic rings. The largest absolute Gasteiger partial charge is 0.493 e. The summed E-state index contributed by atoms with van der Waals surface area (Å²) in [5.41, 5.74) is 5.72. The number of aromatic nitrogens is 1. The van der Waals surface area contributed by atoms with Crippen molar-refractivity contribution in [3.63, 3.8) is 0 Å². The van der Waals surface area contributed by atoms with Gasteiger partial charge in [-0.3, -0.25) is 4.79 Å². The van der Waals surface area contributed by atoms with E-state index in [9.17, 15) is 9.90 Å². The molecule has 0 saturated carbocycles. The minimum absolute atomic E-state index is 0.0457. The first-order valence-corrected chi connectivity index (χ1v) is 8.97. The summed E-state index contributed by atoms with van der Waals surface area (Å²) in [6.45, 7) is 6.58. The van der Waals surface area contributed by atoms with Crippen molar-refractivity contribution in [3.8, 4) is 17.0 Å². The first kappa shape index (κ1) is 17.5. The fourth-order valence-corrected chi connectivity index (χ4v) is 3.47. The highest BCUT2D eigenvalue weighted by Crippen LogP contribution is 2.39. The number of aryl methyl sites for hydroxylation is 2. The van der Waals surface area contributed by atoms with E-state index >= 15 is 0 Å². The Bertz CT molecular complexity index is 959. The van der Waals surface area contributed by atoms with Crippen LogP contribution in [0.3, 0.4) is 0 Å². The molecule has 2 N–H and O–H groups in total. The molecule has 25 heavy (non-hydrogen) atoms. The van der Waals surface area contributed by atoms with Gasteiger partial charge in [-0.1, -0.05) is 28.1 Å². The predicted molar refractivity (Wildman–Crippen MR) is 103 cm³/mol. The first-order valence-electron chi connectivity index (χ1n) is 8.17. The number of hydrogen-bond donors (Lipinski definition) is 2. The van der Waals surface area contributed by atoms with Crippen LogP contribution in [0.4, 0.5) is 0 Å². The molecule has 0 aliphatic carbocycles. The number of benzene rings is 2. The molecule has 0 radical (unpaired) electrons. The van der Waals surface area contributed by atoms with Crippen LogP contribution in [-0.2, 0) is 11.2 Å². The highest BCUT2D eigenvalue weighted by atomic mass is 79.9. The van der Waals surface area contributed by atoms with Crippen LogP contribution < -0.4 is 4.74 Å². The number of H-pyrrole nitrogens is 1. The lowest BCUT2D eigenvalue weighted by atomic mass is 10.00. The number of carboxylic acids is 1. The average molecular weight is 402 g/mol. The monoisotopic (exact) mass is 401 g/mol. The van der Waals surface area contributed by atoms with Crippen LogP contribution in [0, 0.1) is 13.8 Å². The van der Waals surface area contributed by atoms with Crippen LogP contribution in [0.25, 0.3) is 22.2 Å². The lowest BCUT2D eigenvalue weighted by Crippen LogP contribution is -2.02. The number of ether oxygens (including phenoxy) is 1. The van der Waals surface area contributed by atoms with Gasteiger partial charge in [0.05, 0.1) is 18.7 Å². The molecule has 0 amide bonds. The molecule has 0 fully saturated rings. The number of aliphatic carboxylic acids is 1. The molecule has 0 spiro atoms. The Morgan fingerprint density at radius 1 is 1.24 bits per heavy atom. The van der Waals surface area contributed by atoms with E-state index in [1.807, 2.05) is 44.2 Å². The average Bonchev–Trinajstić information content (AvgIpc) is 2.91. The normalized spacial score (nSPS) is 11.0. The molecule has 1 aromatic heterocycles. The number of rotatable bonds is 5. The second kappa shape index (κ2) is 6.92. The zero-order valence-electron chi connectivity index (χ0n) is 14.4. The van der Waals surface area contributed by atoms with Gasteiger partial charge >= 0.3 is 5.97 Å². The van der Waals surface area contributed by atoms with Crippen molar-refractivity contribution < 1.29 is 14.6 Å². The summed E-state index contributed by atoms with van der Waals surface area (Å²) in [5.74, 6) is -0.119. The molecule has 2 aromatic carbocycles. The second-order valence-electron chi connectivity index (χ2n) is 6.05. The molecule has 1 heterocycles. The van der Waals surface area contributed by atoms with Crippen LogP contribution in [0.15, 0.2) is 34.8 Å². The van der Waals surface area contributed by atoms with Gasteiger partial charge in [-0.2, -0.15) is 0 Å². The molecule has 3 rings (SSSR count). The van der Waals surface area contributed by atoms with Crippen molar-refractivity contribution in [1.29, 1.82) is 0 Å². The van der Waals surface area contributed by atoms with E-state index < -0.39 is 5.97 Å². The van der Waals surface area contributed by atoms with E-state index in [1.54, 1.807) is 0 Å². The minimum Gasteiger partial charge on any atom is -0.493 e. The van der Waals surface area contributed by atoms with Gasteiger partial charge in [0.15, 0.2) is 0 Å². The van der Waals surface area contributed by atoms with Crippen LogP contribution in [0.1, 0.15) is 23.6 Å². The Kier molecular flexibility index (Phi) is 4.86. The van der Waals surface area contributed by atoms with Gasteiger partial charge in [-0.15, -0.1) is 0 Å². The smallest absolute Gasteiger partial charge is 0.307 e. The van der Waals surface area contributed by atoms with Gasteiger partial charge in [0.2, 0.25) is 0 Å². The predicted octanol–water partition coefficient (Wildman–Crippen LogP) is 5.24. The third kappa shape index (κ3) is 3.29. The number of aromatic amines is 1. The number of carbonyl (C=O) groups is 1. The molecule has 5 heteroatoms. The SMILES string of the molecule is CCOc1ccc(Br)cc1-c1[nH]c2c(C)c(C)ccc2c1CC(=O)O. The quantitative estimate of drug-likeness (QED) is 0.614. The summed E-state index contributed by atoms with van der Waals surface area (Å²) in [6, 6.07) is 9.81. The van der Waals surface area contributed by atoms with Gasteiger partial charge in [-0.25, -0.2) is 0 Å². The van der Waals surface area contributed by atoms with Crippen molar-refractivity contribution in [2.24, 2.45) is 0 Å². The zero-order valence-corrected chi connectivity index (χ0v) is 16.0. The molecular weight excluding hydrogens is 382 g/mol. The summed E-state index contributed by atoms with van der Waals surface area (Å²) in [5, 5.41) is 10.4. The topological polar surface area (TPSA) is 62.3 Å². The van der Waals surface area contributed by atoms with Crippen molar-refractivity contribution >= 4 is 32.8 Å². The summed E-state index contributed by atoms with van der Waals surface area (Å²) in [7, 11) is 0. The lowest BCUT2D eigenvalue weighted by Gasteiger charge is -2.11. The molecule has 0 saturated heterocycles. The Morgan fingerprint density at radius 3 is 2.68 bits per heavy atom. The van der Waals surface area contributed by atoms with Crippen LogP contribution in [0.5, 0.6) is 5.75 Å². The molecule has 0 bridgehead atoms. The zero-order chi connectivity index (χ0) is 18.1. The highest BCUT2D eigenvalue weighted by Gasteiger charge is 2.20. The molecule has 4 nitrogen and oxygen atoms in total. The maximum Gasteiger partial charge on any atom is 0.307 e. The molecular formula is C20H20BrNO3. The van der Waals surface area contributed by atoms with Crippen molar-refractivity contribution in [3.05, 3.63) is 51.5 Å². The first-order chi connectivity index (χ1) is 11.9. The van der Waals surface area contributed by atoms with Gasteiger partial charge in [0, 0.05) is 20.9 Å². The van der Waals surface area contributed by atoms with Gasteiger partial charge in [0.1, 0.15) is 5.75 Å². The molecule has 3 aromatic rings. The van der Waals surface area contributed by atoms with E-state index in [-0.39, 0.29) is 6.42 Å². The number of hydrogen-bond acceptors (Lipinski definition) is 2. The lowest BCUT2D eigenvalue weighted by molar-refractivity contribution is -0.136. The summed E-state index contributed by atoms with van der Waals surface area (Å²) >= 11 is 3.50.